The summed E-state index contributed by atoms with van der Waals surface area (Å²) in [6, 6.07) is 13.5. The molecule has 1 aromatic heterocycles. The predicted octanol–water partition coefficient (Wildman–Crippen LogP) is 7.50. The lowest BCUT2D eigenvalue weighted by Gasteiger charge is -2.28. The van der Waals surface area contributed by atoms with Crippen LogP contribution in [0.4, 0.5) is 0 Å². The van der Waals surface area contributed by atoms with E-state index in [1.165, 1.54) is 48.9 Å². The minimum absolute atomic E-state index is 0.483. The van der Waals surface area contributed by atoms with Gasteiger partial charge in [0, 0.05) is 12.1 Å². The Bertz CT molecular complexity index is 649. The van der Waals surface area contributed by atoms with Gasteiger partial charge >= 0.3 is 0 Å². The minimum atomic E-state index is 0.483. The summed E-state index contributed by atoms with van der Waals surface area (Å²) in [5.74, 6) is 1.20. The largest absolute Gasteiger partial charge is 0.260 e. The van der Waals surface area contributed by atoms with Crippen molar-refractivity contribution in [1.29, 1.82) is 0 Å². The van der Waals surface area contributed by atoms with Gasteiger partial charge in [0.1, 0.15) is 0 Å². The monoisotopic (exact) mass is 363 g/mol. The first kappa shape index (κ1) is 21.4. The van der Waals surface area contributed by atoms with E-state index in [0.717, 1.165) is 12.8 Å². The van der Waals surface area contributed by atoms with Crippen LogP contribution in [0.1, 0.15) is 88.1 Å². The number of unbranched alkanes of at least 4 members (excludes halogenated alkanes) is 1. The van der Waals surface area contributed by atoms with Crippen LogP contribution in [0.5, 0.6) is 0 Å². The molecule has 2 atom stereocenters. The van der Waals surface area contributed by atoms with Crippen LogP contribution in [0.15, 0.2) is 54.7 Å². The summed E-state index contributed by atoms with van der Waals surface area (Å²) in [4.78, 5) is 4.87. The maximum Gasteiger partial charge on any atom is 0.0513 e. The van der Waals surface area contributed by atoms with Gasteiger partial charge in [0.25, 0.3) is 0 Å². The molecule has 1 aliphatic carbocycles. The van der Waals surface area contributed by atoms with Gasteiger partial charge in [-0.25, -0.2) is 0 Å². The fourth-order valence-corrected chi connectivity index (χ4v) is 4.22. The zero-order valence-electron chi connectivity index (χ0n) is 17.7. The molecule has 1 nitrogen and oxygen atoms in total. The van der Waals surface area contributed by atoms with Crippen molar-refractivity contribution in [2.45, 2.75) is 78.6 Å². The highest BCUT2D eigenvalue weighted by Gasteiger charge is 2.30. The van der Waals surface area contributed by atoms with E-state index in [1.54, 1.807) is 5.56 Å². The Hall–Kier alpha value is -1.89. The Morgan fingerprint density at radius 3 is 2.33 bits per heavy atom. The number of aromatic nitrogens is 1. The van der Waals surface area contributed by atoms with Crippen molar-refractivity contribution in [3.05, 3.63) is 77.1 Å². The number of aryl methyl sites for hydroxylation is 2. The maximum absolute atomic E-state index is 4.87. The van der Waals surface area contributed by atoms with E-state index in [4.69, 9.17) is 4.98 Å². The fourth-order valence-electron chi connectivity index (χ4n) is 4.22. The van der Waals surface area contributed by atoms with E-state index < -0.39 is 0 Å². The molecule has 1 heteroatoms. The second kappa shape index (κ2) is 11.7. The molecule has 0 radical (unpaired) electrons. The summed E-state index contributed by atoms with van der Waals surface area (Å²) in [5.41, 5.74) is 5.89. The van der Waals surface area contributed by atoms with Crippen LogP contribution in [0.25, 0.3) is 0 Å². The average molecular weight is 364 g/mol. The highest BCUT2D eigenvalue weighted by molar-refractivity contribution is 5.42. The number of hydrogen-bond acceptors (Lipinski definition) is 1. The number of allylic oxidation sites excluding steroid dienone is 2. The zero-order valence-corrected chi connectivity index (χ0v) is 17.7. The average Bonchev–Trinajstić information content (AvgIpc) is 2.88. The molecule has 0 saturated carbocycles. The molecule has 2 aromatic rings. The normalized spacial score (nSPS) is 16.7. The number of nitrogens with zero attached hydrogens (tertiary/aromatic N) is 1. The Balaban J connectivity index is 0.000000596. The molecule has 0 N–H and O–H groups in total. The third-order valence-electron chi connectivity index (χ3n) is 5.67. The summed E-state index contributed by atoms with van der Waals surface area (Å²) in [6.07, 6.45) is 14.8. The smallest absolute Gasteiger partial charge is 0.0513 e. The van der Waals surface area contributed by atoms with E-state index >= 15 is 0 Å². The third-order valence-corrected chi connectivity index (χ3v) is 5.67. The molecular weight excluding hydrogens is 326 g/mol. The molecule has 0 bridgehead atoms. The van der Waals surface area contributed by atoms with E-state index in [0.29, 0.717) is 11.8 Å². The van der Waals surface area contributed by atoms with Gasteiger partial charge in [-0.05, 0) is 68.2 Å². The van der Waals surface area contributed by atoms with Gasteiger partial charge in [0.15, 0.2) is 0 Å². The number of rotatable bonds is 6. The molecule has 3 rings (SSSR count). The first-order chi connectivity index (χ1) is 13.3. The minimum Gasteiger partial charge on any atom is -0.260 e. The molecule has 0 amide bonds. The van der Waals surface area contributed by atoms with Crippen LogP contribution in [0, 0.1) is 5.92 Å². The summed E-state index contributed by atoms with van der Waals surface area (Å²) < 4.78 is 0. The fraction of sp³-hybridized carbons (Fsp3) is 0.500. The second-order valence-corrected chi connectivity index (χ2v) is 7.58. The number of benzene rings is 1. The molecule has 0 saturated heterocycles. The Kier molecular flexibility index (Phi) is 9.31. The molecule has 146 valence electrons. The third kappa shape index (κ3) is 5.79. The van der Waals surface area contributed by atoms with Gasteiger partial charge < -0.3 is 0 Å². The number of fused-ring (bicyclic) bond motifs is 2. The molecule has 0 aliphatic heterocycles. The van der Waals surface area contributed by atoms with Crippen molar-refractivity contribution in [3.63, 3.8) is 0 Å². The SMILES string of the molecule is C/C=C\C.CCCCC(CCC)C1c2ccccc2CCc2cccnc21. The van der Waals surface area contributed by atoms with E-state index in [2.05, 4.69) is 50.2 Å². The summed E-state index contributed by atoms with van der Waals surface area (Å²) in [6.45, 7) is 8.62. The van der Waals surface area contributed by atoms with Gasteiger partial charge in [-0.3, -0.25) is 4.98 Å². The summed E-state index contributed by atoms with van der Waals surface area (Å²) >= 11 is 0. The summed E-state index contributed by atoms with van der Waals surface area (Å²) in [7, 11) is 0. The van der Waals surface area contributed by atoms with Crippen LogP contribution >= 0.6 is 0 Å². The predicted molar refractivity (Wildman–Crippen MR) is 118 cm³/mol. The lowest BCUT2D eigenvalue weighted by Crippen LogP contribution is -2.17. The van der Waals surface area contributed by atoms with Crippen molar-refractivity contribution in [1.82, 2.24) is 4.98 Å². The van der Waals surface area contributed by atoms with Gasteiger partial charge in [-0.2, -0.15) is 0 Å². The molecule has 0 fully saturated rings. The topological polar surface area (TPSA) is 12.9 Å². The highest BCUT2D eigenvalue weighted by atomic mass is 14.7. The van der Waals surface area contributed by atoms with E-state index in [1.807, 2.05) is 32.2 Å². The first-order valence-electron chi connectivity index (χ1n) is 10.9. The quantitative estimate of drug-likeness (QED) is 0.484. The molecule has 1 aromatic carbocycles. The van der Waals surface area contributed by atoms with Crippen molar-refractivity contribution < 1.29 is 0 Å². The number of pyridine rings is 1. The molecule has 1 aliphatic rings. The molecular formula is C26H37N. The molecule has 27 heavy (non-hydrogen) atoms. The van der Waals surface area contributed by atoms with Gasteiger partial charge in [-0.15, -0.1) is 0 Å². The zero-order chi connectivity index (χ0) is 19.5. The second-order valence-electron chi connectivity index (χ2n) is 7.58. The maximum atomic E-state index is 4.87. The van der Waals surface area contributed by atoms with Gasteiger partial charge in [0.05, 0.1) is 5.69 Å². The van der Waals surface area contributed by atoms with Crippen molar-refractivity contribution >= 4 is 0 Å². The van der Waals surface area contributed by atoms with Crippen LogP contribution in [-0.2, 0) is 12.8 Å². The van der Waals surface area contributed by atoms with Gasteiger partial charge in [0.2, 0.25) is 0 Å². The number of hydrogen-bond donors (Lipinski definition) is 0. The molecule has 1 heterocycles. The van der Waals surface area contributed by atoms with E-state index in [9.17, 15) is 0 Å². The summed E-state index contributed by atoms with van der Waals surface area (Å²) in [5, 5.41) is 0. The Morgan fingerprint density at radius 1 is 0.926 bits per heavy atom. The Labute approximate surface area is 166 Å². The lowest BCUT2D eigenvalue weighted by molar-refractivity contribution is 0.382. The highest BCUT2D eigenvalue weighted by Crippen LogP contribution is 2.41. The molecule has 0 spiro atoms. The van der Waals surface area contributed by atoms with Crippen LogP contribution < -0.4 is 0 Å². The van der Waals surface area contributed by atoms with Crippen LogP contribution in [-0.4, -0.2) is 4.98 Å². The lowest BCUT2D eigenvalue weighted by atomic mass is 9.77. The van der Waals surface area contributed by atoms with Crippen molar-refractivity contribution in [2.24, 2.45) is 5.92 Å². The Morgan fingerprint density at radius 2 is 1.63 bits per heavy atom. The van der Waals surface area contributed by atoms with Crippen LogP contribution in [0.2, 0.25) is 0 Å². The van der Waals surface area contributed by atoms with Crippen molar-refractivity contribution in [3.8, 4) is 0 Å². The van der Waals surface area contributed by atoms with Gasteiger partial charge in [-0.1, -0.05) is 75.6 Å². The standard InChI is InChI=1S/C22H29N.C4H8/c1-3-5-10-18(9-4-2)21-20-13-7-6-11-17(20)14-15-19-12-8-16-23-22(19)21;1-3-4-2/h6-8,11-13,16,18,21H,3-5,9-10,14-15H2,1-2H3;3-4H,1-2H3/b;4-3-. The van der Waals surface area contributed by atoms with Crippen LogP contribution in [0.3, 0.4) is 0 Å². The van der Waals surface area contributed by atoms with E-state index in [-0.39, 0.29) is 0 Å². The molecule has 2 unspecified atom stereocenters. The van der Waals surface area contributed by atoms with Crippen molar-refractivity contribution in [2.75, 3.05) is 0 Å². The first-order valence-corrected chi connectivity index (χ1v) is 10.9.